The number of hydrogen-bond donors (Lipinski definition) is 1. The maximum Gasteiger partial charge on any atom is 0.573 e. The number of benzene rings is 2. The van der Waals surface area contributed by atoms with Crippen molar-refractivity contribution in [2.75, 3.05) is 5.32 Å². The van der Waals surface area contributed by atoms with E-state index in [4.69, 9.17) is 4.74 Å². The van der Waals surface area contributed by atoms with Crippen molar-refractivity contribution in [1.29, 1.82) is 0 Å². The van der Waals surface area contributed by atoms with Gasteiger partial charge in [0.1, 0.15) is 23.0 Å². The molecule has 5 nitrogen and oxygen atoms in total. The normalized spacial score (nSPS) is 21.7. The van der Waals surface area contributed by atoms with Gasteiger partial charge in [-0.25, -0.2) is 0 Å². The first-order valence-corrected chi connectivity index (χ1v) is 9.25. The van der Waals surface area contributed by atoms with Crippen molar-refractivity contribution in [3.63, 3.8) is 0 Å². The summed E-state index contributed by atoms with van der Waals surface area (Å²) in [5.74, 6) is -0.483. The summed E-state index contributed by atoms with van der Waals surface area (Å²) >= 11 is 0. The molecule has 3 heterocycles. The Balaban J connectivity index is 1.65. The standard InChI is InChI=1S/C22H15F3N2O3/c23-22(24,25)30-14-7-8-16-18(11-14)29-19(10-13-4-3-9-26-12-13)21(16)15-5-1-2-6-17(15)27-20(21)28/h1-9,11-12,19H,10H2,(H,27,28). The third-order valence-electron chi connectivity index (χ3n) is 5.47. The summed E-state index contributed by atoms with van der Waals surface area (Å²) in [5.41, 5.74) is 1.56. The van der Waals surface area contributed by atoms with Gasteiger partial charge in [0, 0.05) is 36.1 Å². The minimum absolute atomic E-state index is 0.192. The molecule has 0 saturated carbocycles. The van der Waals surface area contributed by atoms with E-state index in [-0.39, 0.29) is 11.7 Å². The predicted octanol–water partition coefficient (Wildman–Crippen LogP) is 4.22. The number of para-hydroxylation sites is 1. The Hall–Kier alpha value is -3.55. The molecule has 152 valence electrons. The Morgan fingerprint density at radius 3 is 2.70 bits per heavy atom. The molecule has 0 bridgehead atoms. The number of nitrogens with zero attached hydrogens (tertiary/aromatic N) is 1. The van der Waals surface area contributed by atoms with Gasteiger partial charge in [0.15, 0.2) is 0 Å². The fraction of sp³-hybridized carbons (Fsp3) is 0.182. The highest BCUT2D eigenvalue weighted by Crippen LogP contribution is 2.54. The van der Waals surface area contributed by atoms with Crippen LogP contribution in [-0.2, 0) is 16.6 Å². The van der Waals surface area contributed by atoms with E-state index in [2.05, 4.69) is 15.0 Å². The summed E-state index contributed by atoms with van der Waals surface area (Å²) < 4.78 is 48.2. The van der Waals surface area contributed by atoms with E-state index in [0.717, 1.165) is 11.1 Å². The Labute approximate surface area is 169 Å². The van der Waals surface area contributed by atoms with E-state index in [1.54, 1.807) is 24.5 Å². The number of amides is 1. The van der Waals surface area contributed by atoms with Crippen LogP contribution in [0.25, 0.3) is 0 Å². The molecule has 0 fully saturated rings. The predicted molar refractivity (Wildman–Crippen MR) is 101 cm³/mol. The van der Waals surface area contributed by atoms with Crippen LogP contribution in [0.4, 0.5) is 18.9 Å². The molecular weight excluding hydrogens is 397 g/mol. The van der Waals surface area contributed by atoms with Crippen LogP contribution < -0.4 is 14.8 Å². The van der Waals surface area contributed by atoms with Crippen molar-refractivity contribution in [1.82, 2.24) is 4.98 Å². The number of alkyl halides is 3. The zero-order chi connectivity index (χ0) is 20.9. The lowest BCUT2D eigenvalue weighted by Gasteiger charge is -2.28. The van der Waals surface area contributed by atoms with Gasteiger partial charge in [-0.15, -0.1) is 13.2 Å². The zero-order valence-electron chi connectivity index (χ0n) is 15.4. The second kappa shape index (κ2) is 6.48. The van der Waals surface area contributed by atoms with Crippen molar-refractivity contribution >= 4 is 11.6 Å². The van der Waals surface area contributed by atoms with Crippen LogP contribution in [0.1, 0.15) is 16.7 Å². The maximum atomic E-state index is 13.3. The molecule has 5 rings (SSSR count). The number of rotatable bonds is 3. The Morgan fingerprint density at radius 1 is 1.10 bits per heavy atom. The highest BCUT2D eigenvalue weighted by Gasteiger charge is 2.59. The van der Waals surface area contributed by atoms with Crippen LogP contribution in [0.15, 0.2) is 67.0 Å². The van der Waals surface area contributed by atoms with Crippen molar-refractivity contribution in [2.45, 2.75) is 24.3 Å². The van der Waals surface area contributed by atoms with E-state index < -0.39 is 23.6 Å². The quantitative estimate of drug-likeness (QED) is 0.700. The van der Waals surface area contributed by atoms with Gasteiger partial charge in [-0.1, -0.05) is 30.3 Å². The number of hydrogen-bond acceptors (Lipinski definition) is 4. The average Bonchev–Trinajstić information content (AvgIpc) is 3.17. The fourth-order valence-electron chi connectivity index (χ4n) is 4.33. The average molecular weight is 412 g/mol. The van der Waals surface area contributed by atoms with E-state index in [9.17, 15) is 18.0 Å². The minimum atomic E-state index is -4.82. The number of aromatic nitrogens is 1. The molecular formula is C22H15F3N2O3. The highest BCUT2D eigenvalue weighted by molar-refractivity contribution is 6.10. The smallest absolute Gasteiger partial charge is 0.488 e. The molecule has 2 aliphatic heterocycles. The summed E-state index contributed by atoms with van der Waals surface area (Å²) in [5, 5.41) is 2.89. The molecule has 3 aromatic rings. The summed E-state index contributed by atoms with van der Waals surface area (Å²) in [4.78, 5) is 17.4. The van der Waals surface area contributed by atoms with Gasteiger partial charge in [-0.05, 0) is 29.3 Å². The lowest BCUT2D eigenvalue weighted by atomic mass is 9.71. The summed E-state index contributed by atoms with van der Waals surface area (Å²) in [6.45, 7) is 0. The molecule has 2 atom stereocenters. The van der Waals surface area contributed by atoms with Crippen molar-refractivity contribution < 1.29 is 27.4 Å². The molecule has 1 N–H and O–H groups in total. The van der Waals surface area contributed by atoms with Gasteiger partial charge in [0.25, 0.3) is 0 Å². The van der Waals surface area contributed by atoms with Gasteiger partial charge in [-0.2, -0.15) is 0 Å². The molecule has 1 aromatic heterocycles. The Kier molecular flexibility index (Phi) is 3.99. The molecule has 0 aliphatic carbocycles. The molecule has 0 saturated heterocycles. The minimum Gasteiger partial charge on any atom is -0.488 e. The van der Waals surface area contributed by atoms with Gasteiger partial charge in [0.2, 0.25) is 5.91 Å². The van der Waals surface area contributed by atoms with Crippen LogP contribution in [0, 0.1) is 0 Å². The lowest BCUT2D eigenvalue weighted by molar-refractivity contribution is -0.274. The number of pyridine rings is 1. The van der Waals surface area contributed by atoms with Gasteiger partial charge >= 0.3 is 6.36 Å². The number of nitrogens with one attached hydrogen (secondary N) is 1. The lowest BCUT2D eigenvalue weighted by Crippen LogP contribution is -2.46. The second-order valence-electron chi connectivity index (χ2n) is 7.19. The van der Waals surface area contributed by atoms with Crippen LogP contribution >= 0.6 is 0 Å². The molecule has 0 radical (unpaired) electrons. The van der Waals surface area contributed by atoms with E-state index in [1.165, 1.54) is 18.2 Å². The SMILES string of the molecule is O=C1Nc2ccccc2C12c1ccc(OC(F)(F)F)cc1OC2Cc1cccnc1. The summed E-state index contributed by atoms with van der Waals surface area (Å²) in [6, 6.07) is 14.8. The van der Waals surface area contributed by atoms with E-state index in [0.29, 0.717) is 17.7 Å². The summed E-state index contributed by atoms with van der Waals surface area (Å²) in [7, 11) is 0. The van der Waals surface area contributed by atoms with Crippen molar-refractivity contribution in [3.05, 3.63) is 83.7 Å². The number of halogens is 3. The van der Waals surface area contributed by atoms with Gasteiger partial charge in [-0.3, -0.25) is 9.78 Å². The molecule has 2 unspecified atom stereocenters. The molecule has 8 heteroatoms. The van der Waals surface area contributed by atoms with Crippen LogP contribution in [0.2, 0.25) is 0 Å². The second-order valence-corrected chi connectivity index (χ2v) is 7.19. The number of fused-ring (bicyclic) bond motifs is 4. The molecule has 2 aliphatic rings. The molecule has 2 aromatic carbocycles. The Bertz CT molecular complexity index is 1130. The molecule has 1 spiro atoms. The number of ether oxygens (including phenoxy) is 2. The first kappa shape index (κ1) is 18.5. The zero-order valence-corrected chi connectivity index (χ0v) is 15.4. The Morgan fingerprint density at radius 2 is 1.93 bits per heavy atom. The van der Waals surface area contributed by atoms with Crippen molar-refractivity contribution in [2.24, 2.45) is 0 Å². The van der Waals surface area contributed by atoms with E-state index in [1.807, 2.05) is 24.3 Å². The van der Waals surface area contributed by atoms with Crippen LogP contribution in [0.3, 0.4) is 0 Å². The largest absolute Gasteiger partial charge is 0.573 e. The van der Waals surface area contributed by atoms with Crippen LogP contribution in [0.5, 0.6) is 11.5 Å². The first-order chi connectivity index (χ1) is 14.4. The molecule has 30 heavy (non-hydrogen) atoms. The topological polar surface area (TPSA) is 60.5 Å². The van der Waals surface area contributed by atoms with Gasteiger partial charge < -0.3 is 14.8 Å². The number of carbonyl (C=O) groups is 1. The van der Waals surface area contributed by atoms with E-state index >= 15 is 0 Å². The first-order valence-electron chi connectivity index (χ1n) is 9.25. The summed E-state index contributed by atoms with van der Waals surface area (Å²) in [6.07, 6.45) is -1.82. The fourth-order valence-corrected chi connectivity index (χ4v) is 4.33. The third kappa shape index (κ3) is 2.79. The third-order valence-corrected chi connectivity index (χ3v) is 5.47. The molecule has 1 amide bonds. The maximum absolute atomic E-state index is 13.3. The van der Waals surface area contributed by atoms with Crippen LogP contribution in [-0.4, -0.2) is 23.4 Å². The van der Waals surface area contributed by atoms with Crippen molar-refractivity contribution in [3.8, 4) is 11.5 Å². The number of carbonyl (C=O) groups excluding carboxylic acids is 1. The number of anilines is 1. The highest BCUT2D eigenvalue weighted by atomic mass is 19.4. The monoisotopic (exact) mass is 412 g/mol. The van der Waals surface area contributed by atoms with Gasteiger partial charge in [0.05, 0.1) is 0 Å².